The first-order chi connectivity index (χ1) is 27.7. The summed E-state index contributed by atoms with van der Waals surface area (Å²) >= 11 is 0. The van der Waals surface area contributed by atoms with Crippen molar-refractivity contribution in [3.8, 4) is 0 Å². The first-order valence-electron chi connectivity index (χ1n) is 21.7. The largest absolute Gasteiger partial charge is 0.298 e. The number of allylic oxidation sites excluding steroid dienone is 3. The number of nitrogens with zero attached hydrogens (tertiary/aromatic N) is 3. The maximum absolute atomic E-state index is 11.6. The molecule has 57 heavy (non-hydrogen) atoms. The van der Waals surface area contributed by atoms with Gasteiger partial charge in [0.05, 0.1) is 0 Å². The Morgan fingerprint density at radius 2 is 0.684 bits per heavy atom. The normalized spacial score (nSPS) is 27.8. The molecular formula is C51H63N3O3. The van der Waals surface area contributed by atoms with E-state index in [1.807, 2.05) is 18.2 Å². The van der Waals surface area contributed by atoms with E-state index in [1.54, 1.807) is 0 Å². The molecule has 3 aliphatic heterocycles. The minimum atomic E-state index is 0.329. The van der Waals surface area contributed by atoms with Crippen LogP contribution >= 0.6 is 0 Å². The molecule has 0 aromatic heterocycles. The minimum Gasteiger partial charge on any atom is -0.298 e. The van der Waals surface area contributed by atoms with Crippen molar-refractivity contribution in [2.45, 2.75) is 78.9 Å². The zero-order valence-corrected chi connectivity index (χ0v) is 34.5. The van der Waals surface area contributed by atoms with Crippen molar-refractivity contribution in [1.29, 1.82) is 0 Å². The van der Waals surface area contributed by atoms with Gasteiger partial charge in [0.2, 0.25) is 0 Å². The predicted molar refractivity (Wildman–Crippen MR) is 230 cm³/mol. The number of carbonyl (C=O) groups excluding carboxylic acids is 3. The molecule has 0 unspecified atom stereocenters. The van der Waals surface area contributed by atoms with Gasteiger partial charge >= 0.3 is 0 Å². The molecule has 3 aliphatic carbocycles. The molecule has 6 aliphatic rings. The van der Waals surface area contributed by atoms with E-state index in [0.29, 0.717) is 52.9 Å². The Labute approximate surface area is 341 Å². The second kappa shape index (κ2) is 19.5. The van der Waals surface area contributed by atoms with Crippen molar-refractivity contribution in [3.05, 3.63) is 143 Å². The van der Waals surface area contributed by atoms with Crippen LogP contribution in [0.3, 0.4) is 0 Å². The molecule has 3 saturated heterocycles. The monoisotopic (exact) mass is 765 g/mol. The molecular weight excluding hydrogens is 703 g/mol. The number of fused-ring (bicyclic) bond motifs is 3. The van der Waals surface area contributed by atoms with Crippen LogP contribution in [0.2, 0.25) is 0 Å². The molecule has 0 N–H and O–H groups in total. The van der Waals surface area contributed by atoms with Gasteiger partial charge in [0.1, 0.15) is 0 Å². The second-order valence-electron chi connectivity index (χ2n) is 17.8. The molecule has 0 radical (unpaired) electrons. The van der Waals surface area contributed by atoms with Gasteiger partial charge in [0.15, 0.2) is 17.3 Å². The highest BCUT2D eigenvalue weighted by Gasteiger charge is 2.35. The Kier molecular flexibility index (Phi) is 14.0. The average molecular weight is 766 g/mol. The highest BCUT2D eigenvalue weighted by Crippen LogP contribution is 2.37. The fraction of sp³-hybridized carbons (Fsp3) is 0.471. The van der Waals surface area contributed by atoms with Gasteiger partial charge in [0.25, 0.3) is 0 Å². The standard InChI is InChI=1S/3C17H21NO/c3*1-13-9-16(19)10-15-7-8-18(12-17(13)15)11-14-5-3-2-4-6-14/h3*2-6,10,13,17H,7-9,11-12H2,1H3/t3*13-,17+/m110/s1. The summed E-state index contributed by atoms with van der Waals surface area (Å²) in [6.45, 7) is 16.3. The fourth-order valence-corrected chi connectivity index (χ4v) is 10.2. The summed E-state index contributed by atoms with van der Waals surface area (Å²) in [7, 11) is 0. The maximum Gasteiger partial charge on any atom is 0.155 e. The molecule has 3 aromatic rings. The Balaban J connectivity index is 0.000000131. The van der Waals surface area contributed by atoms with Crippen LogP contribution in [0.15, 0.2) is 126 Å². The molecule has 0 bridgehead atoms. The second-order valence-corrected chi connectivity index (χ2v) is 17.8. The molecule has 6 nitrogen and oxygen atoms in total. The van der Waals surface area contributed by atoms with Crippen molar-refractivity contribution >= 4 is 17.3 Å². The van der Waals surface area contributed by atoms with E-state index in [1.165, 1.54) is 33.4 Å². The molecule has 9 rings (SSSR count). The van der Waals surface area contributed by atoms with Crippen LogP contribution in [0.1, 0.15) is 76.0 Å². The van der Waals surface area contributed by atoms with E-state index in [0.717, 1.165) is 97.4 Å². The maximum atomic E-state index is 11.6. The van der Waals surface area contributed by atoms with Gasteiger partial charge in [-0.25, -0.2) is 0 Å². The topological polar surface area (TPSA) is 60.9 Å². The molecule has 3 heterocycles. The number of piperidine rings is 3. The third kappa shape index (κ3) is 11.2. The molecule has 0 spiro atoms. The number of likely N-dealkylation sites (tertiary alicyclic amines) is 3. The highest BCUT2D eigenvalue weighted by molar-refractivity contribution is 5.92. The lowest BCUT2D eigenvalue weighted by Gasteiger charge is -2.39. The van der Waals surface area contributed by atoms with E-state index >= 15 is 0 Å². The summed E-state index contributed by atoms with van der Waals surface area (Å²) < 4.78 is 0. The Hall–Kier alpha value is -4.23. The first kappa shape index (κ1) is 40.9. The summed E-state index contributed by atoms with van der Waals surface area (Å²) in [6, 6.07) is 32.0. The lowest BCUT2D eigenvalue weighted by atomic mass is 9.75. The number of rotatable bonds is 6. The zero-order valence-electron chi connectivity index (χ0n) is 34.5. The van der Waals surface area contributed by atoms with Crippen LogP contribution < -0.4 is 0 Å². The number of carbonyl (C=O) groups is 3. The average Bonchev–Trinajstić information content (AvgIpc) is 3.20. The minimum absolute atomic E-state index is 0.329. The molecule has 0 amide bonds. The fourth-order valence-electron chi connectivity index (χ4n) is 10.2. The summed E-state index contributed by atoms with van der Waals surface area (Å²) in [5.74, 6) is 4.28. The summed E-state index contributed by atoms with van der Waals surface area (Å²) in [5, 5.41) is 0. The third-order valence-electron chi connectivity index (χ3n) is 13.4. The van der Waals surface area contributed by atoms with Gasteiger partial charge in [-0.05, 0) is 89.7 Å². The molecule has 3 aromatic carbocycles. The van der Waals surface area contributed by atoms with Crippen molar-refractivity contribution in [3.63, 3.8) is 0 Å². The van der Waals surface area contributed by atoms with E-state index in [4.69, 9.17) is 0 Å². The van der Waals surface area contributed by atoms with E-state index in [9.17, 15) is 14.4 Å². The SMILES string of the molecule is C[C@@H]1CC(=O)C=C2CCN(Cc3ccccc3)C[C@H]21.C[C@@H]1CC(=O)C=C2CCN(Cc3ccccc3)C[C@H]21.C[C@H]1CC(=O)C=C2CCN(Cc3ccccc3)C[C@@H]21. The van der Waals surface area contributed by atoms with Crippen LogP contribution in [0, 0.1) is 35.5 Å². The summed E-state index contributed by atoms with van der Waals surface area (Å²) in [4.78, 5) is 42.4. The number of hydrogen-bond acceptors (Lipinski definition) is 6. The Morgan fingerprint density at radius 3 is 0.947 bits per heavy atom. The first-order valence-corrected chi connectivity index (χ1v) is 21.7. The van der Waals surface area contributed by atoms with Gasteiger partial charge in [0, 0.05) is 78.2 Å². The predicted octanol–water partition coefficient (Wildman–Crippen LogP) is 9.13. The molecule has 6 heteroatoms. The Morgan fingerprint density at radius 1 is 0.421 bits per heavy atom. The highest BCUT2D eigenvalue weighted by atomic mass is 16.1. The van der Waals surface area contributed by atoms with Crippen LogP contribution in [-0.4, -0.2) is 71.3 Å². The van der Waals surface area contributed by atoms with Gasteiger partial charge < -0.3 is 0 Å². The van der Waals surface area contributed by atoms with Crippen molar-refractivity contribution in [1.82, 2.24) is 14.7 Å². The van der Waals surface area contributed by atoms with Gasteiger partial charge in [-0.15, -0.1) is 0 Å². The smallest absolute Gasteiger partial charge is 0.155 e. The van der Waals surface area contributed by atoms with Crippen molar-refractivity contribution in [2.75, 3.05) is 39.3 Å². The van der Waals surface area contributed by atoms with Gasteiger partial charge in [-0.3, -0.25) is 29.1 Å². The van der Waals surface area contributed by atoms with Crippen LogP contribution in [0.4, 0.5) is 0 Å². The van der Waals surface area contributed by atoms with Crippen molar-refractivity contribution in [2.24, 2.45) is 35.5 Å². The number of benzene rings is 3. The summed E-state index contributed by atoms with van der Waals surface area (Å²) in [6.07, 6.45) is 11.1. The van der Waals surface area contributed by atoms with Gasteiger partial charge in [-0.1, -0.05) is 128 Å². The molecule has 6 atom stereocenters. The van der Waals surface area contributed by atoms with Crippen LogP contribution in [0.25, 0.3) is 0 Å². The zero-order chi connectivity index (χ0) is 39.7. The third-order valence-corrected chi connectivity index (χ3v) is 13.4. The lowest BCUT2D eigenvalue weighted by molar-refractivity contribution is -0.117. The van der Waals surface area contributed by atoms with Gasteiger partial charge in [-0.2, -0.15) is 0 Å². The van der Waals surface area contributed by atoms with E-state index in [-0.39, 0.29) is 0 Å². The van der Waals surface area contributed by atoms with E-state index < -0.39 is 0 Å². The number of ketones is 3. The van der Waals surface area contributed by atoms with E-state index in [2.05, 4.69) is 126 Å². The number of hydrogen-bond donors (Lipinski definition) is 0. The molecule has 0 saturated carbocycles. The molecule has 3 fully saturated rings. The quantitative estimate of drug-likeness (QED) is 0.250. The lowest BCUT2D eigenvalue weighted by Crippen LogP contribution is -2.41. The Bertz CT molecular complexity index is 1700. The van der Waals surface area contributed by atoms with Crippen LogP contribution in [0.5, 0.6) is 0 Å². The van der Waals surface area contributed by atoms with Crippen LogP contribution in [-0.2, 0) is 34.0 Å². The molecule has 300 valence electrons. The summed E-state index contributed by atoms with van der Waals surface area (Å²) in [5.41, 5.74) is 8.34. The van der Waals surface area contributed by atoms with Crippen molar-refractivity contribution < 1.29 is 14.4 Å².